The van der Waals surface area contributed by atoms with E-state index in [1.807, 2.05) is 36.5 Å². The topological polar surface area (TPSA) is 50.4 Å². The molecular weight excluding hydrogens is 362 g/mol. The molecule has 3 aromatic rings. The summed E-state index contributed by atoms with van der Waals surface area (Å²) < 4.78 is 11.7. The van der Waals surface area contributed by atoms with Crippen molar-refractivity contribution in [3.63, 3.8) is 0 Å². The number of pyridine rings is 1. The molecule has 142 valence electrons. The lowest BCUT2D eigenvalue weighted by molar-refractivity contribution is 0.107. The minimum Gasteiger partial charge on any atom is -0.492 e. The van der Waals surface area contributed by atoms with Crippen molar-refractivity contribution in [3.05, 3.63) is 58.9 Å². The Kier molecular flexibility index (Phi) is 5.62. The number of aromatic nitrogens is 2. The van der Waals surface area contributed by atoms with Gasteiger partial charge in [0.25, 0.3) is 0 Å². The molecule has 0 radical (unpaired) electrons. The number of hydrogen-bond acceptors (Lipinski definition) is 4. The molecule has 0 aliphatic carbocycles. The Morgan fingerprint density at radius 3 is 2.93 bits per heavy atom. The van der Waals surface area contributed by atoms with Crippen LogP contribution in [-0.4, -0.2) is 41.7 Å². The highest BCUT2D eigenvalue weighted by Gasteiger charge is 2.25. The number of halogens is 1. The molecule has 27 heavy (non-hydrogen) atoms. The third-order valence-corrected chi connectivity index (χ3v) is 5.20. The molecule has 0 spiro atoms. The van der Waals surface area contributed by atoms with Gasteiger partial charge in [0.05, 0.1) is 11.8 Å². The van der Waals surface area contributed by atoms with E-state index in [4.69, 9.17) is 21.1 Å². The molecule has 0 unspecified atom stereocenters. The van der Waals surface area contributed by atoms with Gasteiger partial charge in [0.15, 0.2) is 0 Å². The summed E-state index contributed by atoms with van der Waals surface area (Å²) >= 11 is 5.91. The molecule has 4 rings (SSSR count). The first-order valence-electron chi connectivity index (χ1n) is 9.34. The van der Waals surface area contributed by atoms with Crippen LogP contribution >= 0.6 is 11.6 Å². The molecule has 1 fully saturated rings. The Hall–Kier alpha value is -2.08. The summed E-state index contributed by atoms with van der Waals surface area (Å²) in [5, 5.41) is 1.89. The van der Waals surface area contributed by atoms with Crippen molar-refractivity contribution in [2.24, 2.45) is 0 Å². The van der Waals surface area contributed by atoms with Crippen LogP contribution in [0, 0.1) is 0 Å². The van der Waals surface area contributed by atoms with Crippen molar-refractivity contribution in [2.75, 3.05) is 26.8 Å². The van der Waals surface area contributed by atoms with Gasteiger partial charge in [-0.1, -0.05) is 11.6 Å². The van der Waals surface area contributed by atoms with E-state index in [0.29, 0.717) is 11.6 Å². The average molecular weight is 386 g/mol. The van der Waals surface area contributed by atoms with Crippen molar-refractivity contribution in [2.45, 2.75) is 25.5 Å². The predicted molar refractivity (Wildman–Crippen MR) is 107 cm³/mol. The fraction of sp³-hybridized carbons (Fsp3) is 0.381. The van der Waals surface area contributed by atoms with Crippen molar-refractivity contribution in [1.29, 1.82) is 0 Å². The SMILES string of the molecule is CN(CCOc1ccc(Cl)cc1)Cc1c([C@H]2CCCO2)[nH]c2ncccc12. The summed E-state index contributed by atoms with van der Waals surface area (Å²) in [6, 6.07) is 11.6. The molecule has 2 aromatic heterocycles. The highest BCUT2D eigenvalue weighted by atomic mass is 35.5. The second kappa shape index (κ2) is 8.30. The Morgan fingerprint density at radius 2 is 2.15 bits per heavy atom. The third kappa shape index (κ3) is 4.26. The quantitative estimate of drug-likeness (QED) is 0.646. The van der Waals surface area contributed by atoms with Gasteiger partial charge in [-0.3, -0.25) is 4.90 Å². The van der Waals surface area contributed by atoms with Gasteiger partial charge in [0, 0.05) is 36.3 Å². The summed E-state index contributed by atoms with van der Waals surface area (Å²) in [5.74, 6) is 0.837. The van der Waals surface area contributed by atoms with Crippen LogP contribution < -0.4 is 4.74 Å². The van der Waals surface area contributed by atoms with Crippen molar-refractivity contribution in [3.8, 4) is 5.75 Å². The van der Waals surface area contributed by atoms with Gasteiger partial charge in [0.1, 0.15) is 18.0 Å². The average Bonchev–Trinajstić information content (AvgIpc) is 3.32. The summed E-state index contributed by atoms with van der Waals surface area (Å²) in [4.78, 5) is 10.2. The van der Waals surface area contributed by atoms with Gasteiger partial charge in [-0.05, 0) is 61.9 Å². The van der Waals surface area contributed by atoms with Crippen LogP contribution in [0.25, 0.3) is 11.0 Å². The number of nitrogens with zero attached hydrogens (tertiary/aromatic N) is 2. The van der Waals surface area contributed by atoms with E-state index in [1.165, 1.54) is 16.6 Å². The molecule has 0 saturated carbocycles. The van der Waals surface area contributed by atoms with Crippen molar-refractivity contribution in [1.82, 2.24) is 14.9 Å². The fourth-order valence-corrected chi connectivity index (χ4v) is 3.67. The van der Waals surface area contributed by atoms with Gasteiger partial charge >= 0.3 is 0 Å². The lowest BCUT2D eigenvalue weighted by Crippen LogP contribution is -2.24. The number of H-pyrrole nitrogens is 1. The smallest absolute Gasteiger partial charge is 0.137 e. The molecule has 3 heterocycles. The summed E-state index contributed by atoms with van der Waals surface area (Å²) in [5.41, 5.74) is 3.38. The largest absolute Gasteiger partial charge is 0.492 e. The van der Waals surface area contributed by atoms with Gasteiger partial charge < -0.3 is 14.5 Å². The van der Waals surface area contributed by atoms with E-state index >= 15 is 0 Å². The number of benzene rings is 1. The summed E-state index contributed by atoms with van der Waals surface area (Å²) in [6.45, 7) is 3.09. The van der Waals surface area contributed by atoms with Crippen LogP contribution in [-0.2, 0) is 11.3 Å². The van der Waals surface area contributed by atoms with Crippen LogP contribution in [0.5, 0.6) is 5.75 Å². The molecular formula is C21H24ClN3O2. The molecule has 1 aliphatic heterocycles. The lowest BCUT2D eigenvalue weighted by atomic mass is 10.1. The van der Waals surface area contributed by atoms with Crippen LogP contribution in [0.4, 0.5) is 0 Å². The predicted octanol–water partition coefficient (Wildman–Crippen LogP) is 4.58. The zero-order valence-corrected chi connectivity index (χ0v) is 16.2. The first kappa shape index (κ1) is 18.3. The van der Waals surface area contributed by atoms with Gasteiger partial charge in [-0.2, -0.15) is 0 Å². The first-order chi connectivity index (χ1) is 13.2. The maximum Gasteiger partial charge on any atom is 0.137 e. The van der Waals surface area contributed by atoms with E-state index in [9.17, 15) is 0 Å². The molecule has 1 aromatic carbocycles. The van der Waals surface area contributed by atoms with Crippen LogP contribution in [0.1, 0.15) is 30.2 Å². The number of likely N-dealkylation sites (N-methyl/N-ethyl adjacent to an activating group) is 1. The van der Waals surface area contributed by atoms with Crippen LogP contribution in [0.2, 0.25) is 5.02 Å². The first-order valence-corrected chi connectivity index (χ1v) is 9.72. The number of fused-ring (bicyclic) bond motifs is 1. The molecule has 6 heteroatoms. The standard InChI is InChI=1S/C21H24ClN3O2/c1-25(11-13-26-16-8-6-15(22)7-9-16)14-18-17-4-2-10-23-21(17)24-20(18)19-5-3-12-27-19/h2,4,6-10,19H,3,5,11-14H2,1H3,(H,23,24)/t19-/m1/s1. The van der Waals surface area contributed by atoms with Crippen LogP contribution in [0.15, 0.2) is 42.6 Å². The van der Waals surface area contributed by atoms with E-state index < -0.39 is 0 Å². The number of hydrogen-bond donors (Lipinski definition) is 1. The number of nitrogens with one attached hydrogen (secondary N) is 1. The maximum absolute atomic E-state index is 5.93. The fourth-order valence-electron chi connectivity index (χ4n) is 3.55. The molecule has 0 bridgehead atoms. The number of ether oxygens (including phenoxy) is 2. The molecule has 1 saturated heterocycles. The van der Waals surface area contributed by atoms with E-state index in [-0.39, 0.29) is 6.10 Å². The highest BCUT2D eigenvalue weighted by molar-refractivity contribution is 6.30. The van der Waals surface area contributed by atoms with Crippen molar-refractivity contribution < 1.29 is 9.47 Å². The third-order valence-electron chi connectivity index (χ3n) is 4.95. The Morgan fingerprint density at radius 1 is 1.30 bits per heavy atom. The molecule has 0 amide bonds. The molecule has 5 nitrogen and oxygen atoms in total. The lowest BCUT2D eigenvalue weighted by Gasteiger charge is -2.19. The summed E-state index contributed by atoms with van der Waals surface area (Å²) in [7, 11) is 2.11. The van der Waals surface area contributed by atoms with E-state index in [0.717, 1.165) is 43.9 Å². The van der Waals surface area contributed by atoms with E-state index in [2.05, 4.69) is 28.0 Å². The normalized spacial score (nSPS) is 17.1. The zero-order chi connectivity index (χ0) is 18.6. The molecule has 1 aliphatic rings. The van der Waals surface area contributed by atoms with E-state index in [1.54, 1.807) is 0 Å². The Labute approximate surface area is 164 Å². The van der Waals surface area contributed by atoms with Crippen LogP contribution in [0.3, 0.4) is 0 Å². The minimum atomic E-state index is 0.146. The van der Waals surface area contributed by atoms with Gasteiger partial charge in [-0.25, -0.2) is 4.98 Å². The second-order valence-corrected chi connectivity index (χ2v) is 7.40. The van der Waals surface area contributed by atoms with Crippen molar-refractivity contribution >= 4 is 22.6 Å². The number of aromatic amines is 1. The highest BCUT2D eigenvalue weighted by Crippen LogP contribution is 2.34. The molecule has 1 atom stereocenters. The molecule has 1 N–H and O–H groups in total. The second-order valence-electron chi connectivity index (χ2n) is 6.96. The Balaban J connectivity index is 1.43. The Bertz CT molecular complexity index is 888. The maximum atomic E-state index is 5.93. The summed E-state index contributed by atoms with van der Waals surface area (Å²) in [6.07, 6.45) is 4.14. The number of rotatable bonds is 7. The van der Waals surface area contributed by atoms with Gasteiger partial charge in [0.2, 0.25) is 0 Å². The van der Waals surface area contributed by atoms with Gasteiger partial charge in [-0.15, -0.1) is 0 Å². The zero-order valence-electron chi connectivity index (χ0n) is 15.5. The monoisotopic (exact) mass is 385 g/mol. The minimum absolute atomic E-state index is 0.146.